The number of nitrogens with one attached hydrogen (secondary N) is 1. The summed E-state index contributed by atoms with van der Waals surface area (Å²) in [6.45, 7) is -0.202. The predicted octanol–water partition coefficient (Wildman–Crippen LogP) is 1.69. The van der Waals surface area contributed by atoms with E-state index in [1.807, 2.05) is 24.3 Å². The van der Waals surface area contributed by atoms with Gasteiger partial charge in [0.25, 0.3) is 0 Å². The molecule has 0 fully saturated rings. The van der Waals surface area contributed by atoms with E-state index in [1.165, 1.54) is 10.7 Å². The minimum atomic E-state index is -0.418. The minimum Gasteiger partial charge on any atom is -0.497 e. The highest BCUT2D eigenvalue weighted by Gasteiger charge is 2.13. The van der Waals surface area contributed by atoms with Gasteiger partial charge in [0, 0.05) is 17.1 Å². The second-order valence-corrected chi connectivity index (χ2v) is 5.68. The van der Waals surface area contributed by atoms with Crippen LogP contribution in [0.4, 0.5) is 5.69 Å². The Labute approximate surface area is 147 Å². The van der Waals surface area contributed by atoms with Crippen molar-refractivity contribution in [2.45, 2.75) is 6.54 Å². The maximum atomic E-state index is 12.5. The SMILES string of the molecule is COc1cccc(NC(=O)Cn2nc3c4ccccc4ncn3c2=O)c1. The molecule has 130 valence electrons. The van der Waals surface area contributed by atoms with Crippen LogP contribution in [0.15, 0.2) is 59.7 Å². The molecular formula is C18H15N5O3. The Bertz CT molecular complexity index is 1180. The average molecular weight is 349 g/mol. The number of ether oxygens (including phenoxy) is 1. The zero-order valence-corrected chi connectivity index (χ0v) is 13.9. The third-order valence-electron chi connectivity index (χ3n) is 3.97. The molecule has 8 nitrogen and oxygen atoms in total. The van der Waals surface area contributed by atoms with Crippen LogP contribution < -0.4 is 15.7 Å². The Kier molecular flexibility index (Phi) is 3.85. The van der Waals surface area contributed by atoms with Crippen molar-refractivity contribution in [3.8, 4) is 5.75 Å². The van der Waals surface area contributed by atoms with Crippen molar-refractivity contribution in [2.24, 2.45) is 0 Å². The summed E-state index contributed by atoms with van der Waals surface area (Å²) in [4.78, 5) is 29.0. The second-order valence-electron chi connectivity index (χ2n) is 5.68. The molecule has 2 aromatic carbocycles. The highest BCUT2D eigenvalue weighted by atomic mass is 16.5. The van der Waals surface area contributed by atoms with Crippen LogP contribution >= 0.6 is 0 Å². The first-order valence-corrected chi connectivity index (χ1v) is 7.92. The van der Waals surface area contributed by atoms with E-state index in [0.717, 1.165) is 15.6 Å². The van der Waals surface area contributed by atoms with Crippen molar-refractivity contribution in [1.82, 2.24) is 19.2 Å². The van der Waals surface area contributed by atoms with Crippen molar-refractivity contribution < 1.29 is 9.53 Å². The van der Waals surface area contributed by atoms with Crippen LogP contribution in [-0.4, -0.2) is 32.2 Å². The molecule has 0 aliphatic carbocycles. The maximum absolute atomic E-state index is 12.5. The van der Waals surface area contributed by atoms with Gasteiger partial charge in [0.1, 0.15) is 18.6 Å². The van der Waals surface area contributed by atoms with Crippen molar-refractivity contribution in [2.75, 3.05) is 12.4 Å². The quantitative estimate of drug-likeness (QED) is 0.605. The lowest BCUT2D eigenvalue weighted by atomic mass is 10.2. The largest absolute Gasteiger partial charge is 0.497 e. The fraction of sp³-hybridized carbons (Fsp3) is 0.111. The van der Waals surface area contributed by atoms with E-state index in [1.54, 1.807) is 31.4 Å². The van der Waals surface area contributed by atoms with E-state index in [2.05, 4.69) is 15.4 Å². The summed E-state index contributed by atoms with van der Waals surface area (Å²) < 4.78 is 7.58. The van der Waals surface area contributed by atoms with Crippen molar-refractivity contribution in [3.05, 3.63) is 65.3 Å². The normalized spacial score (nSPS) is 11.0. The lowest BCUT2D eigenvalue weighted by Gasteiger charge is -2.06. The topological polar surface area (TPSA) is 90.5 Å². The number of benzene rings is 2. The fourth-order valence-corrected chi connectivity index (χ4v) is 2.74. The van der Waals surface area contributed by atoms with Crippen molar-refractivity contribution in [1.29, 1.82) is 0 Å². The summed E-state index contributed by atoms with van der Waals surface area (Å²) in [6.07, 6.45) is 1.42. The summed E-state index contributed by atoms with van der Waals surface area (Å²) in [5.41, 5.74) is 1.37. The van der Waals surface area contributed by atoms with Crippen LogP contribution in [0.5, 0.6) is 5.75 Å². The third-order valence-corrected chi connectivity index (χ3v) is 3.97. The first-order chi connectivity index (χ1) is 12.7. The van der Waals surface area contributed by atoms with Crippen molar-refractivity contribution in [3.63, 3.8) is 0 Å². The smallest absolute Gasteiger partial charge is 0.352 e. The van der Waals surface area contributed by atoms with Gasteiger partial charge >= 0.3 is 5.69 Å². The number of methoxy groups -OCH3 is 1. The van der Waals surface area contributed by atoms with Gasteiger partial charge in [0.2, 0.25) is 5.91 Å². The molecule has 0 unspecified atom stereocenters. The number of hydrogen-bond acceptors (Lipinski definition) is 5. The molecular weight excluding hydrogens is 334 g/mol. The van der Waals surface area contributed by atoms with Gasteiger partial charge < -0.3 is 10.1 Å². The molecule has 1 N–H and O–H groups in total. The van der Waals surface area contributed by atoms with Crippen LogP contribution in [0.3, 0.4) is 0 Å². The number of anilines is 1. The van der Waals surface area contributed by atoms with Gasteiger partial charge in [-0.3, -0.25) is 4.79 Å². The summed E-state index contributed by atoms with van der Waals surface area (Å²) in [5, 5.41) is 7.78. The maximum Gasteiger partial charge on any atom is 0.352 e. The number of hydrogen-bond donors (Lipinski definition) is 1. The Hall–Kier alpha value is -3.68. The number of aromatic nitrogens is 4. The zero-order chi connectivity index (χ0) is 18.1. The van der Waals surface area contributed by atoms with E-state index >= 15 is 0 Å². The molecule has 0 aliphatic heterocycles. The van der Waals surface area contributed by atoms with Gasteiger partial charge in [0.15, 0.2) is 5.65 Å². The van der Waals surface area contributed by atoms with Gasteiger partial charge in [-0.25, -0.2) is 18.9 Å². The average Bonchev–Trinajstić information content (AvgIpc) is 2.98. The summed E-state index contributed by atoms with van der Waals surface area (Å²) >= 11 is 0. The number of fused-ring (bicyclic) bond motifs is 3. The molecule has 8 heteroatoms. The molecule has 0 saturated heterocycles. The van der Waals surface area contributed by atoms with Gasteiger partial charge in [-0.05, 0) is 24.3 Å². The van der Waals surface area contributed by atoms with Crippen LogP contribution in [0.2, 0.25) is 0 Å². The van der Waals surface area contributed by atoms with Crippen LogP contribution in [0.25, 0.3) is 16.6 Å². The molecule has 0 saturated carbocycles. The number of amides is 1. The predicted molar refractivity (Wildman–Crippen MR) is 96.4 cm³/mol. The lowest BCUT2D eigenvalue weighted by molar-refractivity contribution is -0.117. The third kappa shape index (κ3) is 2.77. The van der Waals surface area contributed by atoms with Gasteiger partial charge in [0.05, 0.1) is 12.6 Å². The van der Waals surface area contributed by atoms with E-state index in [-0.39, 0.29) is 12.5 Å². The first kappa shape index (κ1) is 15.8. The molecule has 0 spiro atoms. The van der Waals surface area contributed by atoms with E-state index in [0.29, 0.717) is 17.1 Å². The Balaban J connectivity index is 1.64. The molecule has 26 heavy (non-hydrogen) atoms. The monoisotopic (exact) mass is 349 g/mol. The zero-order valence-electron chi connectivity index (χ0n) is 13.9. The van der Waals surface area contributed by atoms with Crippen molar-refractivity contribution >= 4 is 28.1 Å². The molecule has 4 rings (SSSR count). The van der Waals surface area contributed by atoms with Gasteiger partial charge in [-0.15, -0.1) is 5.10 Å². The summed E-state index contributed by atoms with van der Waals surface area (Å²) in [7, 11) is 1.55. The number of nitrogens with zero attached hydrogens (tertiary/aromatic N) is 4. The summed E-state index contributed by atoms with van der Waals surface area (Å²) in [6, 6.07) is 14.4. The van der Waals surface area contributed by atoms with Crippen LogP contribution in [0, 0.1) is 0 Å². The Morgan fingerprint density at radius 2 is 2.04 bits per heavy atom. The fourth-order valence-electron chi connectivity index (χ4n) is 2.74. The summed E-state index contributed by atoms with van der Waals surface area (Å²) in [5.74, 6) is 0.270. The first-order valence-electron chi connectivity index (χ1n) is 7.92. The van der Waals surface area contributed by atoms with Crippen LogP contribution in [0.1, 0.15) is 0 Å². The highest BCUT2D eigenvalue weighted by Crippen LogP contribution is 2.17. The number of carbonyl (C=O) groups excluding carboxylic acids is 1. The highest BCUT2D eigenvalue weighted by molar-refractivity contribution is 5.92. The van der Waals surface area contributed by atoms with E-state index in [9.17, 15) is 9.59 Å². The Morgan fingerprint density at radius 1 is 1.19 bits per heavy atom. The standard InChI is InChI=1S/C18H15N5O3/c1-26-13-6-4-5-12(9-13)20-16(24)10-23-18(25)22-11-19-15-8-3-2-7-14(15)17(22)21-23/h2-9,11H,10H2,1H3,(H,20,24). The molecule has 0 bridgehead atoms. The molecule has 0 radical (unpaired) electrons. The molecule has 2 heterocycles. The number of carbonyl (C=O) groups is 1. The van der Waals surface area contributed by atoms with E-state index < -0.39 is 5.69 Å². The number of rotatable bonds is 4. The van der Waals surface area contributed by atoms with Crippen LogP contribution in [-0.2, 0) is 11.3 Å². The molecule has 1 amide bonds. The number of para-hydroxylation sites is 1. The van der Waals surface area contributed by atoms with Gasteiger partial charge in [-0.2, -0.15) is 0 Å². The molecule has 0 atom stereocenters. The lowest BCUT2D eigenvalue weighted by Crippen LogP contribution is -2.28. The molecule has 0 aliphatic rings. The molecule has 4 aromatic rings. The second kappa shape index (κ2) is 6.32. The molecule has 2 aromatic heterocycles. The minimum absolute atomic E-state index is 0.202. The van der Waals surface area contributed by atoms with Gasteiger partial charge in [-0.1, -0.05) is 18.2 Å². The Morgan fingerprint density at radius 3 is 2.88 bits per heavy atom. The van der Waals surface area contributed by atoms with E-state index in [4.69, 9.17) is 4.74 Å².